The summed E-state index contributed by atoms with van der Waals surface area (Å²) in [6.45, 7) is 0.0825. The van der Waals surface area contributed by atoms with E-state index in [4.69, 9.17) is 4.99 Å². The van der Waals surface area contributed by atoms with Crippen LogP contribution in [-0.2, 0) is 11.3 Å². The Kier molecular flexibility index (Phi) is 5.30. The highest BCUT2D eigenvalue weighted by atomic mass is 16.2. The van der Waals surface area contributed by atoms with Gasteiger partial charge in [-0.2, -0.15) is 0 Å². The minimum absolute atomic E-state index is 0.0825. The Morgan fingerprint density at radius 2 is 1.75 bits per heavy atom. The second-order valence-corrected chi connectivity index (χ2v) is 8.28. The summed E-state index contributed by atoms with van der Waals surface area (Å²) >= 11 is 0. The molecule has 0 saturated heterocycles. The lowest BCUT2D eigenvalue weighted by molar-refractivity contribution is -0.120. The first-order valence-corrected chi connectivity index (χ1v) is 11.3. The predicted molar refractivity (Wildman–Crippen MR) is 133 cm³/mol. The van der Waals surface area contributed by atoms with Gasteiger partial charge < -0.3 is 15.2 Å². The number of hydrogen-bond donors (Lipinski definition) is 3. The van der Waals surface area contributed by atoms with Crippen molar-refractivity contribution in [2.24, 2.45) is 4.99 Å². The molecule has 3 heterocycles. The van der Waals surface area contributed by atoms with Crippen LogP contribution in [0.4, 0.5) is 5.69 Å². The van der Waals surface area contributed by atoms with Gasteiger partial charge in [-0.3, -0.25) is 9.59 Å². The quantitative estimate of drug-likeness (QED) is 0.359. The molecule has 1 aliphatic rings. The average Bonchev–Trinajstić information content (AvgIpc) is 3.58. The van der Waals surface area contributed by atoms with E-state index in [-0.39, 0.29) is 6.54 Å². The first-order chi connectivity index (χ1) is 17.7. The fourth-order valence-electron chi connectivity index (χ4n) is 4.31. The van der Waals surface area contributed by atoms with Crippen LogP contribution >= 0.6 is 0 Å². The van der Waals surface area contributed by atoms with E-state index in [1.54, 1.807) is 6.07 Å². The molecule has 3 N–H and O–H groups in total. The Morgan fingerprint density at radius 1 is 0.972 bits per heavy atom. The van der Waals surface area contributed by atoms with Gasteiger partial charge >= 0.3 is 0 Å². The molecule has 2 amide bonds. The highest BCUT2D eigenvalue weighted by Gasteiger charge is 2.34. The molecule has 10 heteroatoms. The number of nitrogens with zero attached hydrogens (tertiary/aromatic N) is 5. The lowest BCUT2D eigenvalue weighted by atomic mass is 10.0. The number of hydrogen-bond acceptors (Lipinski definition) is 6. The first kappa shape index (κ1) is 21.4. The Bertz CT molecular complexity index is 1560. The largest absolute Gasteiger partial charge is 0.351 e. The van der Waals surface area contributed by atoms with E-state index in [1.807, 2.05) is 78.9 Å². The van der Waals surface area contributed by atoms with Crippen molar-refractivity contribution in [1.29, 1.82) is 0 Å². The number of aliphatic imine (C=N–C) groups is 1. The minimum Gasteiger partial charge on any atom is -0.351 e. The van der Waals surface area contributed by atoms with Gasteiger partial charge in [0.2, 0.25) is 6.17 Å². The summed E-state index contributed by atoms with van der Waals surface area (Å²) in [5, 5.41) is 17.6. The molecular weight excluding hydrogens is 456 g/mol. The van der Waals surface area contributed by atoms with Crippen LogP contribution < -0.4 is 10.2 Å². The molecule has 6 rings (SSSR count). The molecule has 176 valence electrons. The van der Waals surface area contributed by atoms with E-state index in [1.165, 1.54) is 4.90 Å². The second-order valence-electron chi connectivity index (χ2n) is 8.28. The van der Waals surface area contributed by atoms with Gasteiger partial charge in [-0.1, -0.05) is 66.7 Å². The Labute approximate surface area is 205 Å². The van der Waals surface area contributed by atoms with Crippen LogP contribution in [0.25, 0.3) is 10.9 Å². The molecule has 0 aliphatic carbocycles. The third-order valence-corrected chi connectivity index (χ3v) is 5.99. The zero-order valence-corrected chi connectivity index (χ0v) is 18.9. The SMILES string of the molecule is O=C(NC1N=C(c2ccccc2)c2ccccc2N(Cc2nnn[nH]2)C1=O)c1cc2ccccc2[nH]1. The summed E-state index contributed by atoms with van der Waals surface area (Å²) in [7, 11) is 0. The van der Waals surface area contributed by atoms with Gasteiger partial charge in [0, 0.05) is 22.0 Å². The molecule has 2 aromatic heterocycles. The molecule has 5 aromatic rings. The zero-order chi connectivity index (χ0) is 24.5. The number of aromatic nitrogens is 5. The fraction of sp³-hybridized carbons (Fsp3) is 0.0769. The highest BCUT2D eigenvalue weighted by molar-refractivity contribution is 6.20. The number of tetrazole rings is 1. The monoisotopic (exact) mass is 476 g/mol. The Balaban J connectivity index is 1.44. The van der Waals surface area contributed by atoms with Gasteiger partial charge in [-0.15, -0.1) is 5.10 Å². The van der Waals surface area contributed by atoms with Gasteiger partial charge in [-0.25, -0.2) is 10.1 Å². The van der Waals surface area contributed by atoms with Crippen LogP contribution in [0.2, 0.25) is 0 Å². The van der Waals surface area contributed by atoms with Crippen molar-refractivity contribution in [1.82, 2.24) is 30.9 Å². The number of amides is 2. The van der Waals surface area contributed by atoms with Crippen LogP contribution in [0.5, 0.6) is 0 Å². The number of carbonyl (C=O) groups excluding carboxylic acids is 2. The highest BCUT2D eigenvalue weighted by Crippen LogP contribution is 2.29. The zero-order valence-electron chi connectivity index (χ0n) is 18.9. The third kappa shape index (κ3) is 3.90. The molecule has 3 aromatic carbocycles. The number of para-hydroxylation sites is 2. The average molecular weight is 477 g/mol. The maximum Gasteiger partial charge on any atom is 0.272 e. The molecule has 36 heavy (non-hydrogen) atoms. The molecule has 0 spiro atoms. The molecule has 10 nitrogen and oxygen atoms in total. The van der Waals surface area contributed by atoms with Crippen molar-refractivity contribution in [2.45, 2.75) is 12.7 Å². The number of aromatic amines is 2. The maximum absolute atomic E-state index is 13.9. The molecule has 1 unspecified atom stereocenters. The Hall–Kier alpha value is -5.12. The van der Waals surface area contributed by atoms with Gasteiger partial charge in [0.25, 0.3) is 11.8 Å². The van der Waals surface area contributed by atoms with Crippen molar-refractivity contribution in [2.75, 3.05) is 4.90 Å². The van der Waals surface area contributed by atoms with Crippen LogP contribution in [0, 0.1) is 0 Å². The van der Waals surface area contributed by atoms with Crippen molar-refractivity contribution in [3.63, 3.8) is 0 Å². The predicted octanol–water partition coefficient (Wildman–Crippen LogP) is 2.82. The van der Waals surface area contributed by atoms with Crippen molar-refractivity contribution >= 4 is 34.1 Å². The number of rotatable bonds is 5. The van der Waals surface area contributed by atoms with E-state index in [2.05, 4.69) is 30.9 Å². The Morgan fingerprint density at radius 3 is 2.56 bits per heavy atom. The van der Waals surface area contributed by atoms with Gasteiger partial charge in [0.05, 0.1) is 17.9 Å². The number of H-pyrrole nitrogens is 2. The van der Waals surface area contributed by atoms with Crippen molar-refractivity contribution < 1.29 is 9.59 Å². The topological polar surface area (TPSA) is 132 Å². The molecule has 0 saturated carbocycles. The number of anilines is 1. The second kappa shape index (κ2) is 8.91. The first-order valence-electron chi connectivity index (χ1n) is 11.3. The van der Waals surface area contributed by atoms with E-state index in [0.29, 0.717) is 22.9 Å². The number of benzodiazepines with no additional fused rings is 1. The molecule has 1 aliphatic heterocycles. The summed E-state index contributed by atoms with van der Waals surface area (Å²) < 4.78 is 0. The molecule has 0 bridgehead atoms. The van der Waals surface area contributed by atoms with Crippen LogP contribution in [0.1, 0.15) is 27.4 Å². The fourth-order valence-corrected chi connectivity index (χ4v) is 4.31. The standard InChI is InChI=1S/C26H20N8O2/c35-25(20-14-17-10-4-6-12-19(17)27-20)29-24-26(36)34(15-22-30-32-33-31-22)21-13-7-5-11-18(21)23(28-24)16-8-2-1-3-9-16/h1-14,24,27H,15H2,(H,29,35)(H,30,31,32,33). The summed E-state index contributed by atoms with van der Waals surface area (Å²) in [4.78, 5) is 36.5. The number of benzene rings is 3. The van der Waals surface area contributed by atoms with Crippen molar-refractivity contribution in [3.8, 4) is 0 Å². The lowest BCUT2D eigenvalue weighted by Gasteiger charge is -2.24. The van der Waals surface area contributed by atoms with Crippen LogP contribution in [0.3, 0.4) is 0 Å². The number of nitrogens with one attached hydrogen (secondary N) is 3. The van der Waals surface area contributed by atoms with Gasteiger partial charge in [0.15, 0.2) is 5.82 Å². The van der Waals surface area contributed by atoms with Crippen LogP contribution in [0.15, 0.2) is 89.9 Å². The summed E-state index contributed by atoms with van der Waals surface area (Å²) in [6, 6.07) is 26.4. The summed E-state index contributed by atoms with van der Waals surface area (Å²) in [5.41, 5.74) is 3.99. The van der Waals surface area contributed by atoms with E-state index < -0.39 is 18.0 Å². The van der Waals surface area contributed by atoms with Crippen molar-refractivity contribution in [3.05, 3.63) is 108 Å². The smallest absolute Gasteiger partial charge is 0.272 e. The molecule has 0 radical (unpaired) electrons. The normalized spacial score (nSPS) is 15.3. The number of carbonyl (C=O) groups is 2. The molecule has 1 atom stereocenters. The van der Waals surface area contributed by atoms with E-state index in [9.17, 15) is 9.59 Å². The maximum atomic E-state index is 13.9. The van der Waals surface area contributed by atoms with E-state index >= 15 is 0 Å². The number of fused-ring (bicyclic) bond motifs is 2. The molecular formula is C26H20N8O2. The van der Waals surface area contributed by atoms with Crippen LogP contribution in [-0.4, -0.2) is 49.3 Å². The summed E-state index contributed by atoms with van der Waals surface area (Å²) in [6.07, 6.45) is -1.18. The minimum atomic E-state index is -1.18. The van der Waals surface area contributed by atoms with Gasteiger partial charge in [-0.05, 0) is 28.6 Å². The summed E-state index contributed by atoms with van der Waals surface area (Å²) in [5.74, 6) is -0.441. The van der Waals surface area contributed by atoms with Gasteiger partial charge in [0.1, 0.15) is 5.69 Å². The third-order valence-electron chi connectivity index (χ3n) is 5.99. The lowest BCUT2D eigenvalue weighted by Crippen LogP contribution is -2.47. The van der Waals surface area contributed by atoms with E-state index in [0.717, 1.165) is 22.0 Å². The molecule has 0 fully saturated rings.